The minimum absolute atomic E-state index is 0.0994. The van der Waals surface area contributed by atoms with Gasteiger partial charge in [0.05, 0.1) is 0 Å². The van der Waals surface area contributed by atoms with Gasteiger partial charge in [0.25, 0.3) is 0 Å². The minimum Gasteiger partial charge on any atom is -0.476 e. The second-order valence-corrected chi connectivity index (χ2v) is 7.96. The van der Waals surface area contributed by atoms with Crippen LogP contribution < -0.4 is 5.32 Å². The molecule has 8 heteroatoms. The van der Waals surface area contributed by atoms with E-state index in [4.69, 9.17) is 0 Å². The summed E-state index contributed by atoms with van der Waals surface area (Å²) >= 11 is 1.24. The number of oxime groups is 1. The zero-order valence-corrected chi connectivity index (χ0v) is 18.6. The fraction of sp³-hybridized carbons (Fsp3) is 0.0385. The maximum atomic E-state index is 11.7. The molecular formula is C26H19N3O4S. The number of nitrogens with one attached hydrogen (secondary N) is 1. The molecule has 7 nitrogen and oxygen atoms in total. The topological polar surface area (TPSA) is 101 Å². The van der Waals surface area contributed by atoms with E-state index in [1.165, 1.54) is 17.3 Å². The molecule has 0 spiro atoms. The number of anilines is 1. The second kappa shape index (κ2) is 10.4. The maximum Gasteiger partial charge on any atom is 0.360 e. The Morgan fingerprint density at radius 1 is 0.941 bits per heavy atom. The molecule has 0 unspecified atom stereocenters. The van der Waals surface area contributed by atoms with Crippen LogP contribution in [0.5, 0.6) is 0 Å². The summed E-state index contributed by atoms with van der Waals surface area (Å²) in [4.78, 5) is 31.0. The average Bonchev–Trinajstić information content (AvgIpc) is 3.34. The lowest BCUT2D eigenvalue weighted by molar-refractivity contribution is -0.129. The molecule has 0 aliphatic heterocycles. The summed E-state index contributed by atoms with van der Waals surface area (Å²) in [6, 6.07) is 29.9. The Morgan fingerprint density at radius 2 is 1.44 bits per heavy atom. The van der Waals surface area contributed by atoms with Gasteiger partial charge in [-0.3, -0.25) is 0 Å². The molecule has 0 fully saturated rings. The molecule has 2 N–H and O–H groups in total. The lowest BCUT2D eigenvalue weighted by atomic mass is 9.77. The fourth-order valence-electron chi connectivity index (χ4n) is 3.68. The van der Waals surface area contributed by atoms with Gasteiger partial charge >= 0.3 is 5.97 Å². The first-order valence-corrected chi connectivity index (χ1v) is 11.1. The third kappa shape index (κ3) is 4.63. The zero-order chi connectivity index (χ0) is 23.8. The van der Waals surface area contributed by atoms with E-state index in [2.05, 4.69) is 20.3 Å². The van der Waals surface area contributed by atoms with E-state index < -0.39 is 17.2 Å². The Balaban J connectivity index is 1.86. The zero-order valence-electron chi connectivity index (χ0n) is 17.8. The number of benzene rings is 3. The van der Waals surface area contributed by atoms with Crippen LogP contribution in [0.3, 0.4) is 0 Å². The summed E-state index contributed by atoms with van der Waals surface area (Å²) in [5.41, 5.74) is 1.81. The van der Waals surface area contributed by atoms with Gasteiger partial charge in [-0.15, -0.1) is 11.3 Å². The van der Waals surface area contributed by atoms with Gasteiger partial charge in [-0.1, -0.05) is 96.2 Å². The van der Waals surface area contributed by atoms with E-state index in [0.29, 0.717) is 11.4 Å². The molecule has 0 saturated heterocycles. The van der Waals surface area contributed by atoms with Crippen LogP contribution in [-0.4, -0.2) is 27.7 Å². The normalized spacial score (nSPS) is 11.4. The van der Waals surface area contributed by atoms with Crippen molar-refractivity contribution in [3.05, 3.63) is 125 Å². The van der Waals surface area contributed by atoms with Crippen molar-refractivity contribution < 1.29 is 19.5 Å². The molecule has 4 aromatic rings. The van der Waals surface area contributed by atoms with Crippen molar-refractivity contribution in [2.75, 3.05) is 5.32 Å². The Bertz CT molecular complexity index is 1240. The molecule has 0 bridgehead atoms. The predicted octanol–water partition coefficient (Wildman–Crippen LogP) is 4.70. The van der Waals surface area contributed by atoms with E-state index in [0.717, 1.165) is 16.7 Å². The first-order valence-electron chi connectivity index (χ1n) is 10.2. The Hall–Kier alpha value is -4.52. The largest absolute Gasteiger partial charge is 0.476 e. The van der Waals surface area contributed by atoms with E-state index in [1.807, 2.05) is 91.0 Å². The van der Waals surface area contributed by atoms with E-state index >= 15 is 0 Å². The summed E-state index contributed by atoms with van der Waals surface area (Å²) in [7, 11) is 0. The number of rotatable bonds is 9. The Kier molecular flexibility index (Phi) is 6.93. The van der Waals surface area contributed by atoms with Crippen LogP contribution in [0.2, 0.25) is 0 Å². The van der Waals surface area contributed by atoms with Crippen molar-refractivity contribution in [3.8, 4) is 0 Å². The number of carboxylic acid groups (broad SMARTS) is 1. The first kappa shape index (κ1) is 22.7. The van der Waals surface area contributed by atoms with Crippen molar-refractivity contribution in [1.82, 2.24) is 4.98 Å². The number of thiazole rings is 1. The molecule has 0 aliphatic rings. The second-order valence-electron chi connectivity index (χ2n) is 7.10. The van der Waals surface area contributed by atoms with Crippen LogP contribution in [0, 0.1) is 0 Å². The van der Waals surface area contributed by atoms with Gasteiger partial charge in [-0.05, 0) is 16.7 Å². The van der Waals surface area contributed by atoms with Crippen LogP contribution in [0.15, 0.2) is 108 Å². The third-order valence-corrected chi connectivity index (χ3v) is 5.87. The number of carbonyl (C=O) groups is 1. The summed E-state index contributed by atoms with van der Waals surface area (Å²) in [6.07, 6.45) is 0.625. The van der Waals surface area contributed by atoms with Gasteiger partial charge in [0, 0.05) is 5.38 Å². The van der Waals surface area contributed by atoms with Crippen LogP contribution >= 0.6 is 11.3 Å². The third-order valence-electron chi connectivity index (χ3n) is 5.11. The summed E-state index contributed by atoms with van der Waals surface area (Å²) in [5.74, 6) is 0.0403. The van der Waals surface area contributed by atoms with E-state index in [9.17, 15) is 14.7 Å². The lowest BCUT2D eigenvalue weighted by Gasteiger charge is -2.36. The molecular weight excluding hydrogens is 450 g/mol. The molecule has 0 radical (unpaired) electrons. The highest BCUT2D eigenvalue weighted by molar-refractivity contribution is 7.14. The summed E-state index contributed by atoms with van der Waals surface area (Å²) < 4.78 is 0. The van der Waals surface area contributed by atoms with Gasteiger partial charge in [0.1, 0.15) is 11.2 Å². The van der Waals surface area contributed by atoms with E-state index in [1.54, 1.807) is 5.38 Å². The van der Waals surface area contributed by atoms with Gasteiger partial charge in [-0.25, -0.2) is 14.6 Å². The molecule has 0 aliphatic carbocycles. The predicted molar refractivity (Wildman–Crippen MR) is 130 cm³/mol. The van der Waals surface area contributed by atoms with Gasteiger partial charge < -0.3 is 15.3 Å². The van der Waals surface area contributed by atoms with Crippen molar-refractivity contribution in [3.63, 3.8) is 0 Å². The Labute approximate surface area is 199 Å². The van der Waals surface area contributed by atoms with Crippen molar-refractivity contribution in [2.45, 2.75) is 5.54 Å². The van der Waals surface area contributed by atoms with Crippen LogP contribution in [0.25, 0.3) is 0 Å². The molecule has 1 heterocycles. The fourth-order valence-corrected chi connectivity index (χ4v) is 4.43. The average molecular weight is 470 g/mol. The maximum absolute atomic E-state index is 11.7. The molecule has 1 aromatic heterocycles. The highest BCUT2D eigenvalue weighted by atomic mass is 32.1. The molecule has 168 valence electrons. The summed E-state index contributed by atoms with van der Waals surface area (Å²) in [6.45, 7) is 0. The number of hydrogen-bond acceptors (Lipinski definition) is 7. The molecule has 3 aromatic carbocycles. The number of carboxylic acids is 1. The van der Waals surface area contributed by atoms with Crippen molar-refractivity contribution in [1.29, 1.82) is 0 Å². The lowest BCUT2D eigenvalue weighted by Crippen LogP contribution is -2.38. The standard InChI is InChI=1S/C26H19N3O4S/c30-16-17-33-29-23(24(31)32)22-18-34-25(27-22)28-26(19-10-4-1-5-11-19,20-12-6-2-7-13-20)21-14-8-3-9-15-21/h1-15,17-18H,(H,27,28)(H,31,32). The van der Waals surface area contributed by atoms with Crippen LogP contribution in [-0.2, 0) is 20.0 Å². The number of aromatic nitrogens is 1. The quantitative estimate of drug-likeness (QED) is 0.121. The highest BCUT2D eigenvalue weighted by Gasteiger charge is 2.37. The smallest absolute Gasteiger partial charge is 0.360 e. The van der Waals surface area contributed by atoms with Crippen molar-refractivity contribution >= 4 is 34.1 Å². The van der Waals surface area contributed by atoms with Crippen molar-refractivity contribution in [2.24, 2.45) is 5.16 Å². The first-order chi connectivity index (χ1) is 16.6. The Morgan fingerprint density at radius 3 is 1.88 bits per heavy atom. The molecule has 4 rings (SSSR count). The number of hydrogen-bond donors (Lipinski definition) is 2. The molecule has 0 saturated carbocycles. The number of carbonyl (C=O) groups excluding carboxylic acids is 1. The van der Waals surface area contributed by atoms with Crippen LogP contribution in [0.1, 0.15) is 22.4 Å². The summed E-state index contributed by atoms with van der Waals surface area (Å²) in [5, 5.41) is 18.6. The minimum atomic E-state index is -1.34. The van der Waals surface area contributed by atoms with Gasteiger partial charge in [-0.2, -0.15) is 0 Å². The number of nitrogens with zero attached hydrogens (tertiary/aromatic N) is 2. The molecule has 34 heavy (non-hydrogen) atoms. The molecule has 0 atom stereocenters. The SMILES string of the molecule is O=C=CON=C(C(=O)O)c1csc(NC(c2ccccc2)(c2ccccc2)c2ccccc2)n1. The highest BCUT2D eigenvalue weighted by Crippen LogP contribution is 2.40. The van der Waals surface area contributed by atoms with E-state index in [-0.39, 0.29) is 5.69 Å². The number of aliphatic carboxylic acids is 1. The monoisotopic (exact) mass is 469 g/mol. The van der Waals surface area contributed by atoms with Gasteiger partial charge in [0.15, 0.2) is 11.1 Å². The molecule has 0 amide bonds. The van der Waals surface area contributed by atoms with Crippen LogP contribution in [0.4, 0.5) is 5.13 Å². The van der Waals surface area contributed by atoms with Gasteiger partial charge in [0.2, 0.25) is 12.0 Å².